The molecule has 1 amide bonds. The summed E-state index contributed by atoms with van der Waals surface area (Å²) in [6.45, 7) is 8.56. The fourth-order valence-corrected chi connectivity index (χ4v) is 3.62. The van der Waals surface area contributed by atoms with Crippen LogP contribution in [0.25, 0.3) is 0 Å². The van der Waals surface area contributed by atoms with Crippen LogP contribution in [0, 0.1) is 16.7 Å². The quantitative estimate of drug-likeness (QED) is 0.787. The molecular formula is C16H25NO3. The van der Waals surface area contributed by atoms with Gasteiger partial charge in [-0.25, -0.2) is 0 Å². The maximum absolute atomic E-state index is 12.8. The van der Waals surface area contributed by atoms with E-state index in [-0.39, 0.29) is 17.2 Å². The number of hydrogen-bond donors (Lipinski definition) is 1. The zero-order valence-electron chi connectivity index (χ0n) is 12.5. The van der Waals surface area contributed by atoms with E-state index in [0.717, 1.165) is 19.3 Å². The fraction of sp³-hybridized carbons (Fsp3) is 0.750. The first-order valence-electron chi connectivity index (χ1n) is 7.52. The van der Waals surface area contributed by atoms with Gasteiger partial charge in [0.2, 0.25) is 5.91 Å². The number of rotatable bonds is 5. The van der Waals surface area contributed by atoms with Gasteiger partial charge in [0.15, 0.2) is 0 Å². The maximum atomic E-state index is 12.8. The Morgan fingerprint density at radius 3 is 2.35 bits per heavy atom. The van der Waals surface area contributed by atoms with Gasteiger partial charge in [-0.3, -0.25) is 9.59 Å². The Kier molecular flexibility index (Phi) is 3.94. The molecule has 20 heavy (non-hydrogen) atoms. The number of carboxylic acids is 1. The Bertz CT molecular complexity index is 425. The molecule has 2 rings (SSSR count). The van der Waals surface area contributed by atoms with Crippen LogP contribution in [0.1, 0.15) is 46.0 Å². The van der Waals surface area contributed by atoms with Gasteiger partial charge in [-0.2, -0.15) is 0 Å². The highest BCUT2D eigenvalue weighted by Gasteiger charge is 2.52. The summed E-state index contributed by atoms with van der Waals surface area (Å²) >= 11 is 0. The van der Waals surface area contributed by atoms with Crippen molar-refractivity contribution in [2.45, 2.75) is 46.0 Å². The van der Waals surface area contributed by atoms with Crippen LogP contribution < -0.4 is 0 Å². The Hall–Kier alpha value is -1.32. The molecule has 112 valence electrons. The minimum atomic E-state index is -0.769. The topological polar surface area (TPSA) is 57.6 Å². The molecule has 1 N–H and O–H groups in total. The van der Waals surface area contributed by atoms with Gasteiger partial charge in [0.05, 0.1) is 10.8 Å². The van der Waals surface area contributed by atoms with Gasteiger partial charge in [-0.15, -0.1) is 6.58 Å². The summed E-state index contributed by atoms with van der Waals surface area (Å²) < 4.78 is 0. The van der Waals surface area contributed by atoms with E-state index in [1.54, 1.807) is 4.90 Å². The van der Waals surface area contributed by atoms with Crippen LogP contribution in [0.3, 0.4) is 0 Å². The molecule has 0 aromatic rings. The molecular weight excluding hydrogens is 254 g/mol. The SMILES string of the molecule is C=CCC1(C(=O)N2CCC(C(=O)O)(C(C)C)C2)CCC1. The molecule has 1 saturated carbocycles. The van der Waals surface area contributed by atoms with Crippen LogP contribution in [0.2, 0.25) is 0 Å². The van der Waals surface area contributed by atoms with Crippen molar-refractivity contribution in [1.29, 1.82) is 0 Å². The van der Waals surface area contributed by atoms with Crippen LogP contribution in [-0.2, 0) is 9.59 Å². The predicted molar refractivity (Wildman–Crippen MR) is 77.2 cm³/mol. The summed E-state index contributed by atoms with van der Waals surface area (Å²) in [4.78, 5) is 26.2. The zero-order chi connectivity index (χ0) is 15.0. The van der Waals surface area contributed by atoms with E-state index < -0.39 is 11.4 Å². The Balaban J connectivity index is 2.14. The molecule has 2 fully saturated rings. The number of carboxylic acid groups (broad SMARTS) is 1. The monoisotopic (exact) mass is 279 g/mol. The highest BCUT2D eigenvalue weighted by molar-refractivity contribution is 5.86. The second-order valence-electron chi connectivity index (χ2n) is 6.72. The van der Waals surface area contributed by atoms with Crippen molar-refractivity contribution in [2.24, 2.45) is 16.7 Å². The van der Waals surface area contributed by atoms with Crippen molar-refractivity contribution in [3.05, 3.63) is 12.7 Å². The third kappa shape index (κ3) is 2.15. The lowest BCUT2D eigenvalue weighted by Gasteiger charge is -2.42. The molecule has 4 heteroatoms. The number of amides is 1. The van der Waals surface area contributed by atoms with Crippen molar-refractivity contribution < 1.29 is 14.7 Å². The first kappa shape index (κ1) is 15.1. The molecule has 2 aliphatic rings. The summed E-state index contributed by atoms with van der Waals surface area (Å²) in [5, 5.41) is 9.56. The summed E-state index contributed by atoms with van der Waals surface area (Å²) in [5.74, 6) is -0.587. The summed E-state index contributed by atoms with van der Waals surface area (Å²) in [5.41, 5.74) is -1.05. The molecule has 0 bridgehead atoms. The van der Waals surface area contributed by atoms with E-state index in [1.807, 2.05) is 19.9 Å². The first-order valence-corrected chi connectivity index (χ1v) is 7.52. The number of carbonyl (C=O) groups is 2. The van der Waals surface area contributed by atoms with Crippen LogP contribution in [0.15, 0.2) is 12.7 Å². The van der Waals surface area contributed by atoms with Gasteiger partial charge in [0.25, 0.3) is 0 Å². The van der Waals surface area contributed by atoms with E-state index in [0.29, 0.717) is 25.9 Å². The standard InChI is InChI=1S/C16H25NO3/c1-4-6-15(7-5-8-15)13(18)17-10-9-16(11-17,12(2)3)14(19)20/h4,12H,1,5-11H2,2-3H3,(H,19,20). The number of hydrogen-bond acceptors (Lipinski definition) is 2. The van der Waals surface area contributed by atoms with E-state index in [2.05, 4.69) is 6.58 Å². The molecule has 1 atom stereocenters. The molecule has 0 spiro atoms. The molecule has 0 radical (unpaired) electrons. The second-order valence-corrected chi connectivity index (χ2v) is 6.72. The summed E-state index contributed by atoms with van der Waals surface area (Å²) in [6, 6.07) is 0. The summed E-state index contributed by atoms with van der Waals surface area (Å²) in [6.07, 6.45) is 6.01. The molecule has 0 aromatic heterocycles. The minimum Gasteiger partial charge on any atom is -0.481 e. The average molecular weight is 279 g/mol. The minimum absolute atomic E-state index is 0.0366. The van der Waals surface area contributed by atoms with Crippen LogP contribution >= 0.6 is 0 Å². The number of likely N-dealkylation sites (tertiary alicyclic amines) is 1. The van der Waals surface area contributed by atoms with E-state index in [9.17, 15) is 14.7 Å². The van der Waals surface area contributed by atoms with Crippen molar-refractivity contribution in [2.75, 3.05) is 13.1 Å². The Morgan fingerprint density at radius 2 is 2.00 bits per heavy atom. The lowest BCUT2D eigenvalue weighted by Crippen LogP contribution is -2.48. The molecule has 1 saturated heterocycles. The van der Waals surface area contributed by atoms with Gasteiger partial charge in [0.1, 0.15) is 0 Å². The Morgan fingerprint density at radius 1 is 1.35 bits per heavy atom. The summed E-state index contributed by atoms with van der Waals surface area (Å²) in [7, 11) is 0. The van der Waals surface area contributed by atoms with Gasteiger partial charge < -0.3 is 10.0 Å². The molecule has 4 nitrogen and oxygen atoms in total. The zero-order valence-corrected chi connectivity index (χ0v) is 12.5. The van der Waals surface area contributed by atoms with Crippen LogP contribution in [0.4, 0.5) is 0 Å². The molecule has 0 aromatic carbocycles. The predicted octanol–water partition coefficient (Wildman–Crippen LogP) is 2.69. The molecule has 1 unspecified atom stereocenters. The normalized spacial score (nSPS) is 28.2. The molecule has 1 aliphatic heterocycles. The lowest BCUT2D eigenvalue weighted by atomic mass is 9.65. The smallest absolute Gasteiger partial charge is 0.311 e. The third-order valence-electron chi connectivity index (χ3n) is 5.42. The number of allylic oxidation sites excluding steroid dienone is 1. The van der Waals surface area contributed by atoms with E-state index in [4.69, 9.17) is 0 Å². The van der Waals surface area contributed by atoms with Crippen molar-refractivity contribution in [3.8, 4) is 0 Å². The van der Waals surface area contributed by atoms with Crippen LogP contribution in [-0.4, -0.2) is 35.0 Å². The fourth-order valence-electron chi connectivity index (χ4n) is 3.62. The Labute approximate surface area is 120 Å². The number of aliphatic carboxylic acids is 1. The highest BCUT2D eigenvalue weighted by atomic mass is 16.4. The van der Waals surface area contributed by atoms with Crippen molar-refractivity contribution in [1.82, 2.24) is 4.90 Å². The number of carbonyl (C=O) groups excluding carboxylic acids is 1. The highest BCUT2D eigenvalue weighted by Crippen LogP contribution is 2.48. The van der Waals surface area contributed by atoms with E-state index in [1.165, 1.54) is 0 Å². The average Bonchev–Trinajstić information content (AvgIpc) is 2.79. The van der Waals surface area contributed by atoms with Crippen LogP contribution in [0.5, 0.6) is 0 Å². The van der Waals surface area contributed by atoms with E-state index >= 15 is 0 Å². The molecule has 1 heterocycles. The number of nitrogens with zero attached hydrogens (tertiary/aromatic N) is 1. The van der Waals surface area contributed by atoms with Gasteiger partial charge in [-0.1, -0.05) is 26.3 Å². The van der Waals surface area contributed by atoms with Crippen molar-refractivity contribution >= 4 is 11.9 Å². The second kappa shape index (κ2) is 5.23. The van der Waals surface area contributed by atoms with Gasteiger partial charge in [-0.05, 0) is 31.6 Å². The molecule has 1 aliphatic carbocycles. The largest absolute Gasteiger partial charge is 0.481 e. The van der Waals surface area contributed by atoms with Gasteiger partial charge >= 0.3 is 5.97 Å². The van der Waals surface area contributed by atoms with Gasteiger partial charge in [0, 0.05) is 13.1 Å². The lowest BCUT2D eigenvalue weighted by molar-refractivity contribution is -0.153. The first-order chi connectivity index (χ1) is 9.38. The maximum Gasteiger partial charge on any atom is 0.311 e. The van der Waals surface area contributed by atoms with Crippen molar-refractivity contribution in [3.63, 3.8) is 0 Å². The third-order valence-corrected chi connectivity index (χ3v) is 5.42.